The first-order chi connectivity index (χ1) is 11.3. The van der Waals surface area contributed by atoms with Crippen molar-refractivity contribution in [3.05, 3.63) is 29.8 Å². The third-order valence-corrected chi connectivity index (χ3v) is 4.85. The number of piperidine rings is 1. The lowest BCUT2D eigenvalue weighted by Crippen LogP contribution is -2.37. The average molecular weight is 318 g/mol. The molecule has 4 heteroatoms. The van der Waals surface area contributed by atoms with Crippen LogP contribution >= 0.6 is 0 Å². The van der Waals surface area contributed by atoms with Gasteiger partial charge in [0.2, 0.25) is 0 Å². The van der Waals surface area contributed by atoms with E-state index < -0.39 is 0 Å². The Labute approximate surface area is 140 Å². The van der Waals surface area contributed by atoms with Crippen molar-refractivity contribution in [2.45, 2.75) is 26.3 Å². The third-order valence-electron chi connectivity index (χ3n) is 4.85. The second-order valence-electron chi connectivity index (χ2n) is 6.93. The largest absolute Gasteiger partial charge is 0.492 e. The summed E-state index contributed by atoms with van der Waals surface area (Å²) < 4.78 is 11.3. The standard InChI is InChI=1S/C19H30N2O2/c1-17-3-2-8-20(15-17)11-14-23-19-6-4-18(5-7-19)16-21-9-12-22-13-10-21/h4-7,17H,2-3,8-16H2,1H3/t17-/m1/s1. The zero-order valence-electron chi connectivity index (χ0n) is 14.4. The Morgan fingerprint density at radius 3 is 2.61 bits per heavy atom. The molecule has 2 fully saturated rings. The van der Waals surface area contributed by atoms with Gasteiger partial charge < -0.3 is 9.47 Å². The van der Waals surface area contributed by atoms with Crippen LogP contribution in [0.25, 0.3) is 0 Å². The molecule has 0 radical (unpaired) electrons. The first-order valence-electron chi connectivity index (χ1n) is 9.04. The van der Waals surface area contributed by atoms with E-state index in [1.165, 1.54) is 31.5 Å². The smallest absolute Gasteiger partial charge is 0.119 e. The molecule has 2 aliphatic heterocycles. The molecule has 4 nitrogen and oxygen atoms in total. The van der Waals surface area contributed by atoms with E-state index in [-0.39, 0.29) is 0 Å². The monoisotopic (exact) mass is 318 g/mol. The lowest BCUT2D eigenvalue weighted by atomic mass is 10.0. The first kappa shape index (κ1) is 16.7. The highest BCUT2D eigenvalue weighted by molar-refractivity contribution is 5.27. The highest BCUT2D eigenvalue weighted by Crippen LogP contribution is 2.16. The number of nitrogens with zero attached hydrogens (tertiary/aromatic N) is 2. The maximum atomic E-state index is 5.91. The number of likely N-dealkylation sites (tertiary alicyclic amines) is 1. The average Bonchev–Trinajstić information content (AvgIpc) is 2.58. The van der Waals surface area contributed by atoms with Gasteiger partial charge in [-0.15, -0.1) is 0 Å². The highest BCUT2D eigenvalue weighted by atomic mass is 16.5. The van der Waals surface area contributed by atoms with Gasteiger partial charge in [0.1, 0.15) is 12.4 Å². The van der Waals surface area contributed by atoms with Gasteiger partial charge in [-0.3, -0.25) is 9.80 Å². The molecule has 0 unspecified atom stereocenters. The summed E-state index contributed by atoms with van der Waals surface area (Å²) >= 11 is 0. The molecule has 3 rings (SSSR count). The van der Waals surface area contributed by atoms with Crippen LogP contribution in [0.2, 0.25) is 0 Å². The normalized spacial score (nSPS) is 23.8. The first-order valence-corrected chi connectivity index (χ1v) is 9.04. The Kier molecular flexibility index (Phi) is 6.31. The number of hydrogen-bond acceptors (Lipinski definition) is 4. The zero-order chi connectivity index (χ0) is 15.9. The zero-order valence-corrected chi connectivity index (χ0v) is 14.4. The van der Waals surface area contributed by atoms with Crippen LogP contribution in [-0.2, 0) is 11.3 Å². The number of hydrogen-bond donors (Lipinski definition) is 0. The van der Waals surface area contributed by atoms with E-state index in [9.17, 15) is 0 Å². The van der Waals surface area contributed by atoms with Crippen LogP contribution in [0.15, 0.2) is 24.3 Å². The fourth-order valence-electron chi connectivity index (χ4n) is 3.49. The minimum absolute atomic E-state index is 0.787. The van der Waals surface area contributed by atoms with E-state index in [0.29, 0.717) is 0 Å². The molecule has 1 atom stereocenters. The van der Waals surface area contributed by atoms with Crippen molar-refractivity contribution in [2.75, 3.05) is 52.5 Å². The predicted molar refractivity (Wildman–Crippen MR) is 92.9 cm³/mol. The van der Waals surface area contributed by atoms with Gasteiger partial charge in [-0.05, 0) is 43.0 Å². The van der Waals surface area contributed by atoms with Crippen molar-refractivity contribution in [3.63, 3.8) is 0 Å². The lowest BCUT2D eigenvalue weighted by molar-refractivity contribution is 0.0342. The Bertz CT molecular complexity index is 457. The number of rotatable bonds is 6. The van der Waals surface area contributed by atoms with Crippen molar-refractivity contribution < 1.29 is 9.47 Å². The molecule has 23 heavy (non-hydrogen) atoms. The van der Waals surface area contributed by atoms with Crippen molar-refractivity contribution in [3.8, 4) is 5.75 Å². The molecule has 0 aliphatic carbocycles. The van der Waals surface area contributed by atoms with Crippen LogP contribution in [-0.4, -0.2) is 62.3 Å². The molecule has 0 N–H and O–H groups in total. The maximum absolute atomic E-state index is 5.91. The van der Waals surface area contributed by atoms with E-state index in [1.807, 2.05) is 0 Å². The predicted octanol–water partition coefficient (Wildman–Crippen LogP) is 2.63. The second kappa shape index (κ2) is 8.67. The topological polar surface area (TPSA) is 24.9 Å². The van der Waals surface area contributed by atoms with E-state index >= 15 is 0 Å². The van der Waals surface area contributed by atoms with Crippen molar-refractivity contribution in [1.29, 1.82) is 0 Å². The van der Waals surface area contributed by atoms with Crippen LogP contribution in [0.5, 0.6) is 5.75 Å². The summed E-state index contributed by atoms with van der Waals surface area (Å²) in [5.41, 5.74) is 1.35. The molecule has 2 heterocycles. The van der Waals surface area contributed by atoms with Crippen LogP contribution in [0.3, 0.4) is 0 Å². The second-order valence-corrected chi connectivity index (χ2v) is 6.93. The van der Waals surface area contributed by atoms with Gasteiger partial charge in [0.25, 0.3) is 0 Å². The summed E-state index contributed by atoms with van der Waals surface area (Å²) in [5, 5.41) is 0. The van der Waals surface area contributed by atoms with E-state index in [4.69, 9.17) is 9.47 Å². The number of ether oxygens (including phenoxy) is 2. The van der Waals surface area contributed by atoms with Gasteiger partial charge in [-0.1, -0.05) is 19.1 Å². The van der Waals surface area contributed by atoms with E-state index in [2.05, 4.69) is 41.0 Å². The molecule has 0 saturated carbocycles. The van der Waals surface area contributed by atoms with Gasteiger partial charge in [-0.2, -0.15) is 0 Å². The lowest BCUT2D eigenvalue weighted by Gasteiger charge is -2.30. The summed E-state index contributed by atoms with van der Waals surface area (Å²) in [6, 6.07) is 8.59. The van der Waals surface area contributed by atoms with Gasteiger partial charge in [0.15, 0.2) is 0 Å². The molecule has 0 spiro atoms. The Morgan fingerprint density at radius 2 is 1.87 bits per heavy atom. The molecule has 0 bridgehead atoms. The quantitative estimate of drug-likeness (QED) is 0.805. The van der Waals surface area contributed by atoms with Gasteiger partial charge in [0, 0.05) is 32.7 Å². The van der Waals surface area contributed by atoms with Gasteiger partial charge >= 0.3 is 0 Å². The minimum atomic E-state index is 0.787. The summed E-state index contributed by atoms with van der Waals surface area (Å²) in [4.78, 5) is 4.97. The molecule has 2 aliphatic rings. The Balaban J connectivity index is 1.38. The maximum Gasteiger partial charge on any atom is 0.119 e. The summed E-state index contributed by atoms with van der Waals surface area (Å²) in [6.45, 7) is 11.4. The molecular formula is C19H30N2O2. The number of benzene rings is 1. The fraction of sp³-hybridized carbons (Fsp3) is 0.684. The van der Waals surface area contributed by atoms with Crippen LogP contribution in [0.4, 0.5) is 0 Å². The molecule has 128 valence electrons. The Hall–Kier alpha value is -1.10. The van der Waals surface area contributed by atoms with E-state index in [1.54, 1.807) is 0 Å². The molecular weight excluding hydrogens is 288 g/mol. The van der Waals surface area contributed by atoms with Crippen LogP contribution < -0.4 is 4.74 Å². The molecule has 1 aromatic rings. The highest BCUT2D eigenvalue weighted by Gasteiger charge is 2.15. The van der Waals surface area contributed by atoms with Crippen LogP contribution in [0.1, 0.15) is 25.3 Å². The Morgan fingerprint density at radius 1 is 1.09 bits per heavy atom. The van der Waals surface area contributed by atoms with Crippen molar-refractivity contribution >= 4 is 0 Å². The van der Waals surface area contributed by atoms with Crippen LogP contribution in [0, 0.1) is 5.92 Å². The number of morpholine rings is 1. The summed E-state index contributed by atoms with van der Waals surface area (Å²) in [5.74, 6) is 1.82. The summed E-state index contributed by atoms with van der Waals surface area (Å²) in [6.07, 6.45) is 2.71. The molecule has 0 aromatic heterocycles. The minimum Gasteiger partial charge on any atom is -0.492 e. The van der Waals surface area contributed by atoms with Crippen molar-refractivity contribution in [2.24, 2.45) is 5.92 Å². The third kappa shape index (κ3) is 5.48. The SMILES string of the molecule is C[C@@H]1CCCN(CCOc2ccc(CN3CCOCC3)cc2)C1. The van der Waals surface area contributed by atoms with Gasteiger partial charge in [0.05, 0.1) is 13.2 Å². The van der Waals surface area contributed by atoms with Crippen molar-refractivity contribution in [1.82, 2.24) is 9.80 Å². The van der Waals surface area contributed by atoms with Gasteiger partial charge in [-0.25, -0.2) is 0 Å². The fourth-order valence-corrected chi connectivity index (χ4v) is 3.49. The molecule has 0 amide bonds. The molecule has 1 aromatic carbocycles. The summed E-state index contributed by atoms with van der Waals surface area (Å²) in [7, 11) is 0. The molecule has 2 saturated heterocycles. The van der Waals surface area contributed by atoms with E-state index in [0.717, 1.165) is 57.7 Å².